The van der Waals surface area contributed by atoms with Gasteiger partial charge in [0.2, 0.25) is 0 Å². The number of fused-ring (bicyclic) bond motifs is 18. The second kappa shape index (κ2) is 10.5. The van der Waals surface area contributed by atoms with E-state index in [1.165, 1.54) is 45.2 Å². The monoisotopic (exact) mass is 762 g/mol. The summed E-state index contributed by atoms with van der Waals surface area (Å²) in [6.07, 6.45) is 2.30. The second-order valence-corrected chi connectivity index (χ2v) is 18.7. The SMILES string of the molecule is Cc1cc2c(cc1N1c3cc4c(oc5ccccc54)c4c3B(c3ccc5c(oc6ccccc65)c31)n1c3c-4cccc3c3oc4ccccc4c31)C(C)(C)CCC2(C)C. The van der Waals surface area contributed by atoms with Gasteiger partial charge in [-0.2, -0.15) is 0 Å². The molecule has 0 bridgehead atoms. The first-order chi connectivity index (χ1) is 28.7. The minimum Gasteiger partial charge on any atom is -0.455 e. The first-order valence-corrected chi connectivity index (χ1v) is 21.0. The van der Waals surface area contributed by atoms with E-state index >= 15 is 0 Å². The molecule has 0 saturated heterocycles. The van der Waals surface area contributed by atoms with Crippen LogP contribution in [0.2, 0.25) is 0 Å². The van der Waals surface area contributed by atoms with E-state index in [9.17, 15) is 0 Å². The summed E-state index contributed by atoms with van der Waals surface area (Å²) in [6.45, 7) is 11.8. The number of furan rings is 3. The van der Waals surface area contributed by atoms with E-state index in [2.05, 4.69) is 165 Å². The Kier molecular flexibility index (Phi) is 5.75. The summed E-state index contributed by atoms with van der Waals surface area (Å²) in [5.41, 5.74) is 20.1. The first-order valence-electron chi connectivity index (χ1n) is 21.0. The fraction of sp³-hybridized carbons (Fsp3) is 0.170. The quantitative estimate of drug-likeness (QED) is 0.156. The fourth-order valence-corrected chi connectivity index (χ4v) is 11.6. The third-order valence-corrected chi connectivity index (χ3v) is 14.5. The highest BCUT2D eigenvalue weighted by molar-refractivity contribution is 6.90. The molecular formula is C53H39BN2O3. The average Bonchev–Trinajstić information content (AvgIpc) is 4.00. The normalized spacial score (nSPS) is 16.3. The molecule has 282 valence electrons. The number of hydrogen-bond donors (Lipinski definition) is 0. The molecule has 0 unspecified atom stereocenters. The van der Waals surface area contributed by atoms with Crippen LogP contribution in [0.15, 0.2) is 135 Å². The van der Waals surface area contributed by atoms with Crippen LogP contribution >= 0.6 is 0 Å². The van der Waals surface area contributed by atoms with Crippen LogP contribution in [-0.4, -0.2) is 11.3 Å². The molecule has 6 heterocycles. The van der Waals surface area contributed by atoms with Crippen molar-refractivity contribution in [2.24, 2.45) is 0 Å². The number of benzene rings is 7. The molecule has 7 aromatic carbocycles. The zero-order valence-corrected chi connectivity index (χ0v) is 33.7. The van der Waals surface area contributed by atoms with Crippen LogP contribution in [-0.2, 0) is 10.8 Å². The van der Waals surface area contributed by atoms with Gasteiger partial charge >= 0.3 is 6.85 Å². The van der Waals surface area contributed by atoms with E-state index in [-0.39, 0.29) is 17.7 Å². The van der Waals surface area contributed by atoms with E-state index in [4.69, 9.17) is 13.3 Å². The van der Waals surface area contributed by atoms with Crippen molar-refractivity contribution in [2.75, 3.05) is 4.90 Å². The smallest absolute Gasteiger partial charge is 0.333 e. The van der Waals surface area contributed by atoms with E-state index in [0.29, 0.717) is 0 Å². The minimum absolute atomic E-state index is 0.0214. The van der Waals surface area contributed by atoms with Crippen molar-refractivity contribution in [2.45, 2.75) is 58.3 Å². The Morgan fingerprint density at radius 3 is 1.88 bits per heavy atom. The highest BCUT2D eigenvalue weighted by atomic mass is 16.3. The lowest BCUT2D eigenvalue weighted by Crippen LogP contribution is -2.56. The third-order valence-electron chi connectivity index (χ3n) is 14.5. The Balaban J connectivity index is 1.22. The lowest BCUT2D eigenvalue weighted by molar-refractivity contribution is 0.332. The van der Waals surface area contributed by atoms with E-state index in [0.717, 1.165) is 100 Å². The molecule has 2 aliphatic heterocycles. The predicted octanol–water partition coefficient (Wildman–Crippen LogP) is 13.4. The molecule has 0 radical (unpaired) electrons. The highest BCUT2D eigenvalue weighted by Crippen LogP contribution is 2.54. The molecule has 0 fully saturated rings. The van der Waals surface area contributed by atoms with Gasteiger partial charge in [0.25, 0.3) is 0 Å². The number of para-hydroxylation sites is 4. The molecule has 0 N–H and O–H groups in total. The molecule has 0 spiro atoms. The van der Waals surface area contributed by atoms with Crippen LogP contribution in [0.5, 0.6) is 0 Å². The lowest BCUT2D eigenvalue weighted by Gasteiger charge is -2.44. The largest absolute Gasteiger partial charge is 0.455 e. The Morgan fingerprint density at radius 1 is 0.525 bits per heavy atom. The van der Waals surface area contributed by atoms with E-state index in [1.807, 2.05) is 0 Å². The van der Waals surface area contributed by atoms with Crippen LogP contribution in [0, 0.1) is 6.92 Å². The molecule has 3 aliphatic rings. The van der Waals surface area contributed by atoms with Crippen LogP contribution in [0.3, 0.4) is 0 Å². The van der Waals surface area contributed by atoms with E-state index in [1.54, 1.807) is 0 Å². The number of nitrogens with zero attached hydrogens (tertiary/aromatic N) is 2. The highest BCUT2D eigenvalue weighted by Gasteiger charge is 2.47. The van der Waals surface area contributed by atoms with Gasteiger partial charge in [-0.05, 0) is 101 Å². The topological polar surface area (TPSA) is 47.6 Å². The van der Waals surface area contributed by atoms with Gasteiger partial charge < -0.3 is 22.6 Å². The molecule has 0 atom stereocenters. The molecule has 5 nitrogen and oxygen atoms in total. The fourth-order valence-electron chi connectivity index (χ4n) is 11.6. The van der Waals surface area contributed by atoms with Gasteiger partial charge in [0.05, 0.1) is 11.2 Å². The molecule has 1 aliphatic carbocycles. The van der Waals surface area contributed by atoms with Crippen LogP contribution in [0.1, 0.15) is 57.2 Å². The summed E-state index contributed by atoms with van der Waals surface area (Å²) >= 11 is 0. The van der Waals surface area contributed by atoms with Crippen molar-refractivity contribution in [1.29, 1.82) is 0 Å². The predicted molar refractivity (Wildman–Crippen MR) is 244 cm³/mol. The first kappa shape index (κ1) is 32.3. The minimum atomic E-state index is -0.203. The van der Waals surface area contributed by atoms with Crippen molar-refractivity contribution in [3.63, 3.8) is 0 Å². The molecule has 4 aromatic heterocycles. The van der Waals surface area contributed by atoms with Crippen molar-refractivity contribution in [3.8, 4) is 11.1 Å². The summed E-state index contributed by atoms with van der Waals surface area (Å²) in [6, 6.07) is 44.3. The maximum absolute atomic E-state index is 7.11. The van der Waals surface area contributed by atoms with Crippen molar-refractivity contribution in [1.82, 2.24) is 4.48 Å². The summed E-state index contributed by atoms with van der Waals surface area (Å²) in [4.78, 5) is 2.57. The van der Waals surface area contributed by atoms with Crippen LogP contribution < -0.4 is 15.8 Å². The zero-order chi connectivity index (χ0) is 39.3. The van der Waals surface area contributed by atoms with Gasteiger partial charge in [0.15, 0.2) is 11.2 Å². The lowest BCUT2D eigenvalue weighted by atomic mass is 9.45. The maximum atomic E-state index is 7.11. The standard InChI is InChI=1S/C53H39BN2O3/c1-28-25-36-37(53(4,5)24-23-52(36,2)3)27-39(28)55-40-26-35-30-14-7-10-19-42(30)57-49(35)44-33-16-12-17-34-46(33)56(47-32-15-8-11-20-43(32)59-51(34)47)54(45(40)44)38-22-21-31-29-13-6-9-18-41(29)58-50(31)48(38)55/h6-22,25-27H,23-24H2,1-5H3. The van der Waals surface area contributed by atoms with Gasteiger partial charge in [-0.15, -0.1) is 0 Å². The van der Waals surface area contributed by atoms with Gasteiger partial charge in [-0.3, -0.25) is 0 Å². The van der Waals surface area contributed by atoms with Crippen molar-refractivity contribution >= 4 is 112 Å². The van der Waals surface area contributed by atoms with Crippen LogP contribution in [0.4, 0.5) is 17.1 Å². The molecule has 6 heteroatoms. The number of hydrogen-bond acceptors (Lipinski definition) is 4. The second-order valence-electron chi connectivity index (χ2n) is 18.7. The molecule has 11 aromatic rings. The Morgan fingerprint density at radius 2 is 1.14 bits per heavy atom. The number of rotatable bonds is 1. The van der Waals surface area contributed by atoms with Gasteiger partial charge in [-0.25, -0.2) is 0 Å². The molecule has 14 rings (SSSR count). The van der Waals surface area contributed by atoms with Gasteiger partial charge in [0, 0.05) is 60.3 Å². The Bertz CT molecular complexity index is 3720. The number of aryl methyl sites for hydroxylation is 1. The summed E-state index contributed by atoms with van der Waals surface area (Å²) < 4.78 is 23.5. The van der Waals surface area contributed by atoms with Crippen LogP contribution in [0.25, 0.3) is 88.0 Å². The molecule has 59 heavy (non-hydrogen) atoms. The molecule has 0 amide bonds. The Labute approximate surface area is 340 Å². The maximum Gasteiger partial charge on any atom is 0.333 e. The van der Waals surface area contributed by atoms with Crippen molar-refractivity contribution in [3.05, 3.63) is 138 Å². The summed E-state index contributed by atoms with van der Waals surface area (Å²) in [5, 5.41) is 6.69. The Hall–Kier alpha value is -6.66. The summed E-state index contributed by atoms with van der Waals surface area (Å²) in [7, 11) is 0. The zero-order valence-electron chi connectivity index (χ0n) is 33.7. The number of aromatic nitrogens is 1. The molecule has 0 saturated carbocycles. The average molecular weight is 763 g/mol. The molecular weight excluding hydrogens is 723 g/mol. The van der Waals surface area contributed by atoms with E-state index < -0.39 is 0 Å². The third kappa shape index (κ3) is 3.84. The van der Waals surface area contributed by atoms with Crippen molar-refractivity contribution < 1.29 is 13.3 Å². The summed E-state index contributed by atoms with van der Waals surface area (Å²) in [5.74, 6) is 0. The van der Waals surface area contributed by atoms with Gasteiger partial charge in [-0.1, -0.05) is 107 Å². The van der Waals surface area contributed by atoms with Gasteiger partial charge in [0.1, 0.15) is 22.3 Å². The number of anilines is 3.